The summed E-state index contributed by atoms with van der Waals surface area (Å²) in [5.74, 6) is -1.70. The first-order valence-electron chi connectivity index (χ1n) is 4.72. The van der Waals surface area contributed by atoms with Crippen LogP contribution in [0.15, 0.2) is 18.2 Å². The molecule has 17 heavy (non-hydrogen) atoms. The van der Waals surface area contributed by atoms with Gasteiger partial charge in [-0.25, -0.2) is 4.79 Å². The van der Waals surface area contributed by atoms with E-state index in [2.05, 4.69) is 0 Å². The minimum absolute atomic E-state index is 0.0589. The van der Waals surface area contributed by atoms with Crippen molar-refractivity contribution in [1.82, 2.24) is 0 Å². The third-order valence-corrected chi connectivity index (χ3v) is 2.60. The lowest BCUT2D eigenvalue weighted by Crippen LogP contribution is -2.11. The van der Waals surface area contributed by atoms with Gasteiger partial charge in [0.2, 0.25) is 0 Å². The number of alkyl halides is 1. The van der Waals surface area contributed by atoms with E-state index in [9.17, 15) is 14.7 Å². The molecule has 2 N–H and O–H groups in total. The predicted octanol–water partition coefficient (Wildman–Crippen LogP) is 1.81. The summed E-state index contributed by atoms with van der Waals surface area (Å²) in [5, 5.41) is 18.3. The molecule has 0 aromatic heterocycles. The van der Waals surface area contributed by atoms with Crippen LogP contribution in [0.5, 0.6) is 0 Å². The van der Waals surface area contributed by atoms with Crippen LogP contribution in [0.3, 0.4) is 0 Å². The number of ketones is 1. The van der Waals surface area contributed by atoms with E-state index >= 15 is 0 Å². The molecule has 1 rings (SSSR count). The first-order valence-corrected chi connectivity index (χ1v) is 5.63. The molecule has 1 aromatic rings. The molecule has 0 aliphatic rings. The Hall–Kier alpha value is -1.10. The summed E-state index contributed by atoms with van der Waals surface area (Å²) in [7, 11) is 0. The zero-order valence-electron chi connectivity index (χ0n) is 8.69. The number of carboxylic acids is 1. The van der Waals surface area contributed by atoms with Crippen LogP contribution in [-0.2, 0) is 16.0 Å². The number of aliphatic hydroxyl groups is 1. The average Bonchev–Trinajstić information content (AvgIpc) is 2.26. The van der Waals surface area contributed by atoms with E-state index < -0.39 is 12.1 Å². The molecule has 4 nitrogen and oxygen atoms in total. The first kappa shape index (κ1) is 14.0. The molecule has 0 saturated heterocycles. The van der Waals surface area contributed by atoms with Crippen molar-refractivity contribution in [2.45, 2.75) is 12.5 Å². The highest BCUT2D eigenvalue weighted by Crippen LogP contribution is 2.21. The molecule has 0 radical (unpaired) electrons. The molecule has 0 aliphatic carbocycles. The minimum atomic E-state index is -1.65. The van der Waals surface area contributed by atoms with Crippen molar-refractivity contribution >= 4 is 35.0 Å². The van der Waals surface area contributed by atoms with Crippen molar-refractivity contribution in [3.63, 3.8) is 0 Å². The number of Topliss-reactive ketones (excluding diaryl/α,β-unsaturated/α-hetero) is 1. The van der Waals surface area contributed by atoms with Gasteiger partial charge in [0, 0.05) is 11.4 Å². The molecular formula is C11H10Cl2O4. The third-order valence-electron chi connectivity index (χ3n) is 2.08. The van der Waals surface area contributed by atoms with Gasteiger partial charge in [-0.05, 0) is 23.3 Å². The molecule has 0 fully saturated rings. The van der Waals surface area contributed by atoms with Gasteiger partial charge in [-0.15, -0.1) is 11.6 Å². The number of carboxylic acid groups (broad SMARTS) is 1. The molecule has 0 saturated carbocycles. The Morgan fingerprint density at radius 1 is 1.29 bits per heavy atom. The monoisotopic (exact) mass is 276 g/mol. The lowest BCUT2D eigenvalue weighted by molar-refractivity contribution is -0.146. The van der Waals surface area contributed by atoms with E-state index in [-0.39, 0.29) is 28.7 Å². The van der Waals surface area contributed by atoms with Crippen molar-refractivity contribution in [2.24, 2.45) is 0 Å². The Bertz CT molecular complexity index is 445. The number of benzene rings is 1. The Balaban J connectivity index is 3.01. The highest BCUT2D eigenvalue weighted by atomic mass is 35.5. The van der Waals surface area contributed by atoms with Crippen LogP contribution < -0.4 is 0 Å². The summed E-state index contributed by atoms with van der Waals surface area (Å²) < 4.78 is 0. The average molecular weight is 277 g/mol. The van der Waals surface area contributed by atoms with Gasteiger partial charge in [0.1, 0.15) is 0 Å². The molecule has 0 spiro atoms. The van der Waals surface area contributed by atoms with Gasteiger partial charge < -0.3 is 10.2 Å². The molecule has 0 aliphatic heterocycles. The smallest absolute Gasteiger partial charge is 0.337 e. The van der Waals surface area contributed by atoms with Crippen LogP contribution in [-0.4, -0.2) is 27.8 Å². The van der Waals surface area contributed by atoms with Gasteiger partial charge in [-0.2, -0.15) is 0 Å². The number of hydrogen-bond donors (Lipinski definition) is 2. The maximum absolute atomic E-state index is 11.2. The summed E-state index contributed by atoms with van der Waals surface area (Å²) >= 11 is 11.1. The van der Waals surface area contributed by atoms with Gasteiger partial charge in [0.25, 0.3) is 0 Å². The fourth-order valence-corrected chi connectivity index (χ4v) is 1.71. The third kappa shape index (κ3) is 4.00. The minimum Gasteiger partial charge on any atom is -0.479 e. The van der Waals surface area contributed by atoms with Crippen molar-refractivity contribution in [1.29, 1.82) is 0 Å². The van der Waals surface area contributed by atoms with Crippen LogP contribution in [0, 0.1) is 0 Å². The second-order valence-electron chi connectivity index (χ2n) is 3.48. The lowest BCUT2D eigenvalue weighted by Gasteiger charge is -2.08. The molecule has 0 bridgehead atoms. The lowest BCUT2D eigenvalue weighted by atomic mass is 10.0. The number of carbonyl (C=O) groups is 2. The fraction of sp³-hybridized carbons (Fsp3) is 0.273. The van der Waals surface area contributed by atoms with Gasteiger partial charge in [-0.1, -0.05) is 17.7 Å². The predicted molar refractivity (Wildman–Crippen MR) is 63.5 cm³/mol. The molecule has 1 aromatic carbocycles. The normalized spacial score (nSPS) is 12.2. The zero-order chi connectivity index (χ0) is 13.0. The Morgan fingerprint density at radius 2 is 1.94 bits per heavy atom. The summed E-state index contributed by atoms with van der Waals surface area (Å²) in [6.07, 6.45) is -1.60. The van der Waals surface area contributed by atoms with Crippen molar-refractivity contribution in [3.8, 4) is 0 Å². The molecule has 92 valence electrons. The summed E-state index contributed by atoms with van der Waals surface area (Å²) in [6.45, 7) is 0. The largest absolute Gasteiger partial charge is 0.479 e. The van der Waals surface area contributed by atoms with E-state index in [1.54, 1.807) is 0 Å². The van der Waals surface area contributed by atoms with Crippen molar-refractivity contribution in [2.75, 3.05) is 5.88 Å². The molecule has 6 heteroatoms. The summed E-state index contributed by atoms with van der Waals surface area (Å²) in [4.78, 5) is 21.8. The molecule has 1 atom stereocenters. The molecule has 0 heterocycles. The van der Waals surface area contributed by atoms with Crippen LogP contribution in [0.25, 0.3) is 0 Å². The van der Waals surface area contributed by atoms with Gasteiger partial charge >= 0.3 is 5.97 Å². The van der Waals surface area contributed by atoms with Gasteiger partial charge in [0.05, 0.1) is 5.88 Å². The van der Waals surface area contributed by atoms with E-state index in [0.717, 1.165) is 0 Å². The van der Waals surface area contributed by atoms with E-state index in [4.69, 9.17) is 28.3 Å². The Labute approximate surface area is 108 Å². The molecular weight excluding hydrogens is 267 g/mol. The SMILES string of the molecule is O=C(CCl)Cc1cc(Cl)cc(C(O)C(=O)O)c1. The number of carbonyl (C=O) groups excluding carboxylic acids is 1. The van der Waals surface area contributed by atoms with Crippen LogP contribution in [0.1, 0.15) is 17.2 Å². The van der Waals surface area contributed by atoms with E-state index in [1.165, 1.54) is 18.2 Å². The highest BCUT2D eigenvalue weighted by molar-refractivity contribution is 6.31. The topological polar surface area (TPSA) is 74.6 Å². The number of halogens is 2. The van der Waals surface area contributed by atoms with Gasteiger partial charge in [-0.3, -0.25) is 4.79 Å². The molecule has 0 amide bonds. The standard InChI is InChI=1S/C11H10Cl2O4/c12-5-9(14)3-6-1-7(4-8(13)2-6)10(15)11(16)17/h1-2,4,10,15H,3,5H2,(H,16,17). The first-order chi connectivity index (χ1) is 7.93. The number of aliphatic hydroxyl groups excluding tert-OH is 1. The fourth-order valence-electron chi connectivity index (χ4n) is 1.35. The number of rotatable bonds is 5. The Kier molecular flexibility index (Phi) is 4.93. The highest BCUT2D eigenvalue weighted by Gasteiger charge is 2.17. The number of aliphatic carboxylic acids is 1. The second-order valence-corrected chi connectivity index (χ2v) is 4.19. The quantitative estimate of drug-likeness (QED) is 0.805. The second kappa shape index (κ2) is 6.00. The van der Waals surface area contributed by atoms with Crippen LogP contribution in [0.2, 0.25) is 5.02 Å². The summed E-state index contributed by atoms with van der Waals surface area (Å²) in [6, 6.07) is 4.30. The van der Waals surface area contributed by atoms with Gasteiger partial charge in [0.15, 0.2) is 11.9 Å². The maximum atomic E-state index is 11.2. The van der Waals surface area contributed by atoms with E-state index in [0.29, 0.717) is 5.56 Å². The van der Waals surface area contributed by atoms with Crippen LogP contribution >= 0.6 is 23.2 Å². The zero-order valence-corrected chi connectivity index (χ0v) is 10.2. The van der Waals surface area contributed by atoms with Crippen molar-refractivity contribution < 1.29 is 19.8 Å². The molecule has 1 unspecified atom stereocenters. The van der Waals surface area contributed by atoms with Crippen molar-refractivity contribution in [3.05, 3.63) is 34.3 Å². The Morgan fingerprint density at radius 3 is 2.47 bits per heavy atom. The summed E-state index contributed by atoms with van der Waals surface area (Å²) in [5.41, 5.74) is 0.667. The maximum Gasteiger partial charge on any atom is 0.337 e. The van der Waals surface area contributed by atoms with E-state index in [1.807, 2.05) is 0 Å². The van der Waals surface area contributed by atoms with Crippen LogP contribution in [0.4, 0.5) is 0 Å². The number of hydrogen-bond acceptors (Lipinski definition) is 3.